The standard InChI is InChI=1S/C23H30N8O2/c1-14(11-20(32)27-17-7-6-8-18(12-17)30-9-4-5-10-30)25-21(33)13-19-15(2)26-23-28-22(24)29-31(23)16(19)3/h6-8,12,14H,4-5,9-11,13H2,1-3H3,(H2,24,29)(H,25,33)(H,27,32). The summed E-state index contributed by atoms with van der Waals surface area (Å²) in [6, 6.07) is 7.57. The number of hydrogen-bond donors (Lipinski definition) is 3. The van der Waals surface area contributed by atoms with Gasteiger partial charge in [-0.1, -0.05) is 6.07 Å². The molecule has 1 atom stereocenters. The zero-order chi connectivity index (χ0) is 23.5. The van der Waals surface area contributed by atoms with Gasteiger partial charge in [0.25, 0.3) is 5.78 Å². The molecule has 0 bridgehead atoms. The number of carbonyl (C=O) groups is 2. The van der Waals surface area contributed by atoms with Crippen LogP contribution in [0.5, 0.6) is 0 Å². The zero-order valence-corrected chi connectivity index (χ0v) is 19.3. The molecule has 1 aromatic carbocycles. The topological polar surface area (TPSA) is 131 Å². The summed E-state index contributed by atoms with van der Waals surface area (Å²) < 4.78 is 1.54. The van der Waals surface area contributed by atoms with Crippen LogP contribution in [0.4, 0.5) is 17.3 Å². The maximum Gasteiger partial charge on any atom is 0.254 e. The highest BCUT2D eigenvalue weighted by Gasteiger charge is 2.18. The van der Waals surface area contributed by atoms with E-state index < -0.39 is 0 Å². The van der Waals surface area contributed by atoms with Gasteiger partial charge in [0.2, 0.25) is 17.8 Å². The van der Waals surface area contributed by atoms with E-state index in [1.807, 2.05) is 39.0 Å². The van der Waals surface area contributed by atoms with E-state index >= 15 is 0 Å². The largest absolute Gasteiger partial charge is 0.371 e. The van der Waals surface area contributed by atoms with Crippen molar-refractivity contribution in [2.24, 2.45) is 0 Å². The fraction of sp³-hybridized carbons (Fsp3) is 0.435. The number of aryl methyl sites for hydroxylation is 2. The van der Waals surface area contributed by atoms with Crippen LogP contribution in [0, 0.1) is 13.8 Å². The van der Waals surface area contributed by atoms with Crippen molar-refractivity contribution >= 4 is 34.9 Å². The SMILES string of the molecule is Cc1nc2nc(N)nn2c(C)c1CC(=O)NC(C)CC(=O)Nc1cccc(N2CCCC2)c1. The van der Waals surface area contributed by atoms with Crippen molar-refractivity contribution in [1.29, 1.82) is 0 Å². The van der Waals surface area contributed by atoms with Crippen LogP contribution in [0.15, 0.2) is 24.3 Å². The minimum Gasteiger partial charge on any atom is -0.371 e. The number of hydrogen-bond acceptors (Lipinski definition) is 7. The van der Waals surface area contributed by atoms with Crippen LogP contribution in [0.3, 0.4) is 0 Å². The molecule has 1 saturated heterocycles. The highest BCUT2D eigenvalue weighted by Crippen LogP contribution is 2.23. The average Bonchev–Trinajstić information content (AvgIpc) is 3.41. The molecule has 0 aliphatic carbocycles. The molecule has 2 amide bonds. The van der Waals surface area contributed by atoms with E-state index in [4.69, 9.17) is 5.73 Å². The van der Waals surface area contributed by atoms with Crippen LogP contribution >= 0.6 is 0 Å². The number of nitrogens with one attached hydrogen (secondary N) is 2. The lowest BCUT2D eigenvalue weighted by atomic mass is 10.1. The van der Waals surface area contributed by atoms with Gasteiger partial charge >= 0.3 is 0 Å². The van der Waals surface area contributed by atoms with Gasteiger partial charge < -0.3 is 21.3 Å². The van der Waals surface area contributed by atoms with E-state index in [0.717, 1.165) is 35.7 Å². The summed E-state index contributed by atoms with van der Waals surface area (Å²) in [6.07, 6.45) is 2.70. The van der Waals surface area contributed by atoms with Crippen molar-refractivity contribution in [3.05, 3.63) is 41.2 Å². The third-order valence-electron chi connectivity index (χ3n) is 5.90. The summed E-state index contributed by atoms with van der Waals surface area (Å²) in [5, 5.41) is 9.97. The second-order valence-electron chi connectivity index (χ2n) is 8.59. The number of nitrogens with zero attached hydrogens (tertiary/aromatic N) is 5. The molecule has 0 saturated carbocycles. The van der Waals surface area contributed by atoms with Gasteiger partial charge in [0.1, 0.15) is 0 Å². The van der Waals surface area contributed by atoms with Crippen molar-refractivity contribution < 1.29 is 9.59 Å². The molecule has 4 N–H and O–H groups in total. The normalized spacial score (nSPS) is 14.5. The van der Waals surface area contributed by atoms with E-state index in [2.05, 4.69) is 36.7 Å². The first-order valence-electron chi connectivity index (χ1n) is 11.2. The average molecular weight is 451 g/mol. The molecule has 174 valence electrons. The summed E-state index contributed by atoms with van der Waals surface area (Å²) in [5.41, 5.74) is 9.78. The van der Waals surface area contributed by atoms with Gasteiger partial charge in [-0.25, -0.2) is 4.98 Å². The summed E-state index contributed by atoms with van der Waals surface area (Å²) in [6.45, 7) is 7.59. The second-order valence-corrected chi connectivity index (χ2v) is 8.59. The molecule has 3 heterocycles. The smallest absolute Gasteiger partial charge is 0.254 e. The van der Waals surface area contributed by atoms with Crippen LogP contribution < -0.4 is 21.3 Å². The Hall–Kier alpha value is -3.69. The van der Waals surface area contributed by atoms with E-state index in [1.165, 1.54) is 17.4 Å². The number of fused-ring (bicyclic) bond motifs is 1. The van der Waals surface area contributed by atoms with Crippen LogP contribution in [-0.2, 0) is 16.0 Å². The lowest BCUT2D eigenvalue weighted by Gasteiger charge is -2.19. The first kappa shape index (κ1) is 22.5. The molecule has 33 heavy (non-hydrogen) atoms. The minimum atomic E-state index is -0.321. The lowest BCUT2D eigenvalue weighted by molar-refractivity contribution is -0.121. The molecule has 2 aromatic heterocycles. The van der Waals surface area contributed by atoms with Crippen LogP contribution in [0.2, 0.25) is 0 Å². The van der Waals surface area contributed by atoms with Crippen molar-refractivity contribution in [1.82, 2.24) is 24.9 Å². The number of benzene rings is 1. The third-order valence-corrected chi connectivity index (χ3v) is 5.90. The molecular formula is C23H30N8O2. The molecule has 1 unspecified atom stereocenters. The monoisotopic (exact) mass is 450 g/mol. The molecule has 3 aromatic rings. The van der Waals surface area contributed by atoms with Gasteiger partial charge in [-0.3, -0.25) is 9.59 Å². The van der Waals surface area contributed by atoms with Gasteiger partial charge in [-0.05, 0) is 51.8 Å². The third kappa shape index (κ3) is 5.21. The molecule has 10 heteroatoms. The Bertz CT molecular complexity index is 1180. The van der Waals surface area contributed by atoms with Crippen molar-refractivity contribution in [2.75, 3.05) is 29.0 Å². The molecule has 1 aliphatic heterocycles. The fourth-order valence-corrected chi connectivity index (χ4v) is 4.26. The predicted molar refractivity (Wildman–Crippen MR) is 127 cm³/mol. The quantitative estimate of drug-likeness (QED) is 0.502. The summed E-state index contributed by atoms with van der Waals surface area (Å²) in [4.78, 5) is 36.0. The Labute approximate surface area is 192 Å². The van der Waals surface area contributed by atoms with Crippen LogP contribution in [0.25, 0.3) is 5.78 Å². The Balaban J connectivity index is 1.33. The number of nitrogen functional groups attached to an aromatic ring is 1. The van der Waals surface area contributed by atoms with Crippen LogP contribution in [-0.4, -0.2) is 50.5 Å². The van der Waals surface area contributed by atoms with Gasteiger partial charge in [0.05, 0.1) is 6.42 Å². The van der Waals surface area contributed by atoms with Crippen molar-refractivity contribution in [2.45, 2.75) is 52.5 Å². The van der Waals surface area contributed by atoms with Crippen molar-refractivity contribution in [3.63, 3.8) is 0 Å². The molecule has 10 nitrogen and oxygen atoms in total. The highest BCUT2D eigenvalue weighted by molar-refractivity contribution is 5.92. The Kier molecular flexibility index (Phi) is 6.43. The minimum absolute atomic E-state index is 0.129. The van der Waals surface area contributed by atoms with Gasteiger partial charge in [-0.15, -0.1) is 5.10 Å². The highest BCUT2D eigenvalue weighted by atomic mass is 16.2. The molecule has 1 fully saturated rings. The zero-order valence-electron chi connectivity index (χ0n) is 19.3. The number of amides is 2. The molecular weight excluding hydrogens is 420 g/mol. The van der Waals surface area contributed by atoms with Crippen LogP contribution in [0.1, 0.15) is 43.1 Å². The van der Waals surface area contributed by atoms with E-state index in [9.17, 15) is 9.59 Å². The first-order chi connectivity index (χ1) is 15.8. The number of anilines is 3. The number of rotatable bonds is 7. The maximum absolute atomic E-state index is 12.7. The molecule has 0 spiro atoms. The summed E-state index contributed by atoms with van der Waals surface area (Å²) >= 11 is 0. The summed E-state index contributed by atoms with van der Waals surface area (Å²) in [7, 11) is 0. The summed E-state index contributed by atoms with van der Waals surface area (Å²) in [5.74, 6) is 0.212. The Morgan fingerprint density at radius 2 is 1.91 bits per heavy atom. The van der Waals surface area contributed by atoms with Gasteiger partial charge in [0, 0.05) is 53.9 Å². The number of carbonyl (C=O) groups excluding carboxylic acids is 2. The maximum atomic E-state index is 12.7. The fourth-order valence-electron chi connectivity index (χ4n) is 4.26. The molecule has 0 radical (unpaired) electrons. The number of aromatic nitrogens is 4. The van der Waals surface area contributed by atoms with E-state index in [1.54, 1.807) is 0 Å². The Morgan fingerprint density at radius 1 is 1.15 bits per heavy atom. The molecule has 1 aliphatic rings. The number of nitrogens with two attached hydrogens (primary N) is 1. The lowest BCUT2D eigenvalue weighted by Crippen LogP contribution is -2.36. The van der Waals surface area contributed by atoms with Crippen molar-refractivity contribution in [3.8, 4) is 0 Å². The second kappa shape index (κ2) is 9.43. The van der Waals surface area contributed by atoms with Gasteiger partial charge in [0.15, 0.2) is 0 Å². The van der Waals surface area contributed by atoms with E-state index in [0.29, 0.717) is 11.5 Å². The first-order valence-corrected chi connectivity index (χ1v) is 11.2. The van der Waals surface area contributed by atoms with Gasteiger partial charge in [-0.2, -0.15) is 9.50 Å². The Morgan fingerprint density at radius 3 is 2.67 bits per heavy atom. The predicted octanol–water partition coefficient (Wildman–Crippen LogP) is 2.00. The van der Waals surface area contributed by atoms with E-state index in [-0.39, 0.29) is 36.6 Å². The molecule has 4 rings (SSSR count).